The molecule has 2 N–H and O–H groups in total. The first-order valence-electron chi connectivity index (χ1n) is 12.2. The van der Waals surface area contributed by atoms with Gasteiger partial charge in [-0.1, -0.05) is 42.0 Å². The van der Waals surface area contributed by atoms with Crippen LogP contribution in [0.3, 0.4) is 0 Å². The molecular weight excluding hydrogens is 444 g/mol. The Morgan fingerprint density at radius 2 is 1.86 bits per heavy atom. The number of hydrogen-bond donors (Lipinski definition) is 2. The smallest absolute Gasteiger partial charge is 0.344 e. The van der Waals surface area contributed by atoms with Crippen LogP contribution < -0.4 is 15.5 Å². The molecule has 0 bridgehead atoms. The number of urea groups is 1. The number of piperidine rings is 1. The van der Waals surface area contributed by atoms with Crippen molar-refractivity contribution in [1.29, 1.82) is 0 Å². The van der Waals surface area contributed by atoms with Gasteiger partial charge in [0.2, 0.25) is 0 Å². The van der Waals surface area contributed by atoms with Gasteiger partial charge < -0.3 is 10.1 Å². The predicted molar refractivity (Wildman–Crippen MR) is 133 cm³/mol. The Kier molecular flexibility index (Phi) is 7.40. The van der Waals surface area contributed by atoms with Crippen LogP contribution in [0.5, 0.6) is 5.75 Å². The third-order valence-electron chi connectivity index (χ3n) is 7.11. The van der Waals surface area contributed by atoms with E-state index in [-0.39, 0.29) is 12.5 Å². The fourth-order valence-corrected chi connectivity index (χ4v) is 4.79. The Balaban J connectivity index is 1.26. The van der Waals surface area contributed by atoms with E-state index in [1.54, 1.807) is 31.2 Å². The predicted octanol–water partition coefficient (Wildman–Crippen LogP) is 3.15. The van der Waals surface area contributed by atoms with Gasteiger partial charge in [-0.25, -0.2) is 4.79 Å². The summed E-state index contributed by atoms with van der Waals surface area (Å²) >= 11 is 0. The Labute approximate surface area is 206 Å². The Hall–Kier alpha value is -3.39. The van der Waals surface area contributed by atoms with Crippen LogP contribution in [0.1, 0.15) is 42.9 Å². The van der Waals surface area contributed by atoms with Gasteiger partial charge in [0.1, 0.15) is 11.3 Å². The molecular formula is C27H34N4O4. The molecule has 186 valence electrons. The fourth-order valence-electron chi connectivity index (χ4n) is 4.79. The van der Waals surface area contributed by atoms with Crippen LogP contribution in [0.2, 0.25) is 0 Å². The van der Waals surface area contributed by atoms with E-state index in [9.17, 15) is 14.4 Å². The number of imide groups is 1. The first-order valence-corrected chi connectivity index (χ1v) is 12.2. The molecule has 1 unspecified atom stereocenters. The molecule has 2 aliphatic rings. The number of ether oxygens (including phenoxy) is 1. The number of likely N-dealkylation sites (tertiary alicyclic amines) is 1. The Bertz CT molecular complexity index is 1080. The Morgan fingerprint density at radius 3 is 2.54 bits per heavy atom. The molecule has 0 radical (unpaired) electrons. The summed E-state index contributed by atoms with van der Waals surface area (Å²) in [5.41, 5.74) is 4.45. The summed E-state index contributed by atoms with van der Waals surface area (Å²) in [4.78, 5) is 40.4. The zero-order valence-electron chi connectivity index (χ0n) is 20.7. The summed E-state index contributed by atoms with van der Waals surface area (Å²) in [6.45, 7) is 5.52. The number of rotatable bonds is 8. The van der Waals surface area contributed by atoms with Crippen LogP contribution in [-0.2, 0) is 21.5 Å². The van der Waals surface area contributed by atoms with Gasteiger partial charge in [0, 0.05) is 0 Å². The number of carbonyl (C=O) groups is 3. The second kappa shape index (κ2) is 10.5. The van der Waals surface area contributed by atoms with E-state index in [0.29, 0.717) is 17.2 Å². The average Bonchev–Trinajstić information content (AvgIpc) is 3.08. The van der Waals surface area contributed by atoms with E-state index >= 15 is 0 Å². The first-order chi connectivity index (χ1) is 16.8. The van der Waals surface area contributed by atoms with Gasteiger partial charge in [-0.15, -0.1) is 0 Å². The molecule has 4 amide bonds. The number of hydrogen-bond acceptors (Lipinski definition) is 5. The molecule has 35 heavy (non-hydrogen) atoms. The fraction of sp³-hybridized carbons (Fsp3) is 0.444. The van der Waals surface area contributed by atoms with Gasteiger partial charge in [0.05, 0.1) is 13.7 Å². The first kappa shape index (κ1) is 24.7. The van der Waals surface area contributed by atoms with E-state index in [4.69, 9.17) is 4.74 Å². The number of carbonyl (C=O) groups excluding carboxylic acids is 3. The molecule has 2 aliphatic heterocycles. The van der Waals surface area contributed by atoms with Gasteiger partial charge in [0.25, 0.3) is 11.8 Å². The standard InChI is InChI=1S/C27H34N4O4/c1-19-7-9-20(10-8-19)11-12-21-13-15-30(16-14-21)18-24(32)29-31-25(33)27(2,28-26(31)34)22-5-4-6-23(17-22)35-3/h4-10,17,21H,11-16,18H2,1-3H3,(H,28,34)(H,29,32). The van der Waals surface area contributed by atoms with Crippen LogP contribution in [0.15, 0.2) is 48.5 Å². The molecule has 8 heteroatoms. The average molecular weight is 479 g/mol. The van der Waals surface area contributed by atoms with Crippen molar-refractivity contribution in [3.8, 4) is 5.75 Å². The number of hydrazine groups is 1. The third kappa shape index (κ3) is 5.65. The second-order valence-electron chi connectivity index (χ2n) is 9.71. The molecule has 2 heterocycles. The van der Waals surface area contributed by atoms with Crippen molar-refractivity contribution < 1.29 is 19.1 Å². The van der Waals surface area contributed by atoms with Crippen LogP contribution in [0.25, 0.3) is 0 Å². The molecule has 0 aromatic heterocycles. The lowest BCUT2D eigenvalue weighted by molar-refractivity contribution is -0.139. The molecule has 0 aliphatic carbocycles. The van der Waals surface area contributed by atoms with Gasteiger partial charge in [-0.2, -0.15) is 5.01 Å². The maximum Gasteiger partial charge on any atom is 0.344 e. The molecule has 1 atom stereocenters. The lowest BCUT2D eigenvalue weighted by Gasteiger charge is -2.31. The van der Waals surface area contributed by atoms with Crippen LogP contribution >= 0.6 is 0 Å². The summed E-state index contributed by atoms with van der Waals surface area (Å²) in [6, 6.07) is 15.0. The minimum atomic E-state index is -1.28. The minimum absolute atomic E-state index is 0.150. The van der Waals surface area contributed by atoms with Crippen molar-refractivity contribution in [2.24, 2.45) is 5.92 Å². The van der Waals surface area contributed by atoms with Gasteiger partial charge in [0.15, 0.2) is 0 Å². The molecule has 8 nitrogen and oxygen atoms in total. The van der Waals surface area contributed by atoms with E-state index in [1.807, 2.05) is 0 Å². The number of nitrogens with zero attached hydrogens (tertiary/aromatic N) is 2. The van der Waals surface area contributed by atoms with Crippen LogP contribution in [0, 0.1) is 12.8 Å². The number of nitrogens with one attached hydrogen (secondary N) is 2. The monoisotopic (exact) mass is 478 g/mol. The van der Waals surface area contributed by atoms with E-state index in [0.717, 1.165) is 43.8 Å². The number of amides is 4. The van der Waals surface area contributed by atoms with Crippen LogP contribution in [0.4, 0.5) is 4.79 Å². The number of aryl methyl sites for hydroxylation is 2. The minimum Gasteiger partial charge on any atom is -0.497 e. The highest BCUT2D eigenvalue weighted by Crippen LogP contribution is 2.30. The molecule has 0 spiro atoms. The molecule has 0 saturated carbocycles. The SMILES string of the molecule is COc1cccc(C2(C)NC(=O)N(NC(=O)CN3CCC(CCc4ccc(C)cc4)CC3)C2=O)c1. The normalized spacial score (nSPS) is 21.2. The second-order valence-corrected chi connectivity index (χ2v) is 9.71. The quantitative estimate of drug-likeness (QED) is 0.569. The van der Waals surface area contributed by atoms with E-state index in [2.05, 4.69) is 46.8 Å². The lowest BCUT2D eigenvalue weighted by atomic mass is 9.90. The lowest BCUT2D eigenvalue weighted by Crippen LogP contribution is -2.51. The van der Waals surface area contributed by atoms with Crippen molar-refractivity contribution in [1.82, 2.24) is 20.7 Å². The molecule has 2 saturated heterocycles. The zero-order chi connectivity index (χ0) is 25.0. The number of benzene rings is 2. The van der Waals surface area contributed by atoms with Crippen molar-refractivity contribution in [2.75, 3.05) is 26.7 Å². The highest BCUT2D eigenvalue weighted by Gasteiger charge is 2.50. The summed E-state index contributed by atoms with van der Waals surface area (Å²) in [7, 11) is 1.54. The van der Waals surface area contributed by atoms with Crippen LogP contribution in [-0.4, -0.2) is 54.5 Å². The highest BCUT2D eigenvalue weighted by atomic mass is 16.5. The van der Waals surface area contributed by atoms with Crippen molar-refractivity contribution in [2.45, 2.75) is 45.1 Å². The van der Waals surface area contributed by atoms with E-state index in [1.165, 1.54) is 18.2 Å². The molecule has 2 fully saturated rings. The van der Waals surface area contributed by atoms with Gasteiger partial charge in [-0.3, -0.25) is 19.9 Å². The largest absolute Gasteiger partial charge is 0.497 e. The summed E-state index contributed by atoms with van der Waals surface area (Å²) in [5, 5.41) is 3.48. The third-order valence-corrected chi connectivity index (χ3v) is 7.11. The molecule has 2 aromatic carbocycles. The van der Waals surface area contributed by atoms with Gasteiger partial charge in [-0.05, 0) is 81.8 Å². The zero-order valence-corrected chi connectivity index (χ0v) is 20.7. The summed E-state index contributed by atoms with van der Waals surface area (Å²) in [5.74, 6) is 0.320. The van der Waals surface area contributed by atoms with Gasteiger partial charge >= 0.3 is 6.03 Å². The maximum atomic E-state index is 13.1. The van der Waals surface area contributed by atoms with Crippen molar-refractivity contribution in [3.63, 3.8) is 0 Å². The molecule has 2 aromatic rings. The molecule has 4 rings (SSSR count). The Morgan fingerprint density at radius 1 is 1.14 bits per heavy atom. The summed E-state index contributed by atoms with van der Waals surface area (Å²) < 4.78 is 5.23. The van der Waals surface area contributed by atoms with Crippen molar-refractivity contribution >= 4 is 17.8 Å². The summed E-state index contributed by atoms with van der Waals surface area (Å²) in [6.07, 6.45) is 4.30. The maximum absolute atomic E-state index is 13.1. The topological polar surface area (TPSA) is 91.0 Å². The highest BCUT2D eigenvalue weighted by molar-refractivity contribution is 6.08. The van der Waals surface area contributed by atoms with E-state index < -0.39 is 17.5 Å². The van der Waals surface area contributed by atoms with Crippen molar-refractivity contribution in [3.05, 3.63) is 65.2 Å². The number of methoxy groups -OCH3 is 1.